The van der Waals surface area contributed by atoms with Crippen molar-refractivity contribution in [3.63, 3.8) is 0 Å². The van der Waals surface area contributed by atoms with E-state index in [2.05, 4.69) is 23.5 Å². The molecule has 3 aromatic rings. The molecule has 0 unspecified atom stereocenters. The highest BCUT2D eigenvalue weighted by Crippen LogP contribution is 2.30. The summed E-state index contributed by atoms with van der Waals surface area (Å²) >= 11 is 0. The largest absolute Gasteiger partial charge is 0.493 e. The van der Waals surface area contributed by atoms with Gasteiger partial charge in [0, 0.05) is 0 Å². The predicted molar refractivity (Wildman–Crippen MR) is 122 cm³/mol. The number of carbonyl (C=O) groups excluding carboxylic acids is 1. The van der Waals surface area contributed by atoms with Crippen LogP contribution in [0.4, 0.5) is 10.1 Å². The van der Waals surface area contributed by atoms with Crippen molar-refractivity contribution in [3.05, 3.63) is 94.3 Å². The number of hydrogen-bond acceptors (Lipinski definition) is 4. The average molecular weight is 430 g/mol. The summed E-state index contributed by atoms with van der Waals surface area (Å²) in [6.45, 7) is 4.45. The van der Waals surface area contributed by atoms with E-state index in [1.807, 2.05) is 19.9 Å². The van der Waals surface area contributed by atoms with Crippen LogP contribution in [0.5, 0.6) is 11.5 Å². The Morgan fingerprint density at radius 1 is 1.06 bits per heavy atom. The van der Waals surface area contributed by atoms with E-state index < -0.39 is 11.7 Å². The zero-order valence-corrected chi connectivity index (χ0v) is 18.1. The molecule has 5 nitrogen and oxygen atoms in total. The van der Waals surface area contributed by atoms with Gasteiger partial charge in [0.1, 0.15) is 24.1 Å². The highest BCUT2D eigenvalue weighted by molar-refractivity contribution is 6.09. The summed E-state index contributed by atoms with van der Waals surface area (Å²) in [5, 5.41) is 11.8. The number of nitrogens with one attached hydrogen (secondary N) is 1. The molecular formula is C26H23FN2O3. The summed E-state index contributed by atoms with van der Waals surface area (Å²) in [6.07, 6.45) is 1.41. The minimum Gasteiger partial charge on any atom is -0.493 e. The highest BCUT2D eigenvalue weighted by atomic mass is 19.1. The second-order valence-electron chi connectivity index (χ2n) is 7.30. The summed E-state index contributed by atoms with van der Waals surface area (Å²) in [4.78, 5) is 12.4. The van der Waals surface area contributed by atoms with Gasteiger partial charge in [-0.3, -0.25) is 4.79 Å². The summed E-state index contributed by atoms with van der Waals surface area (Å²) in [6, 6.07) is 18.9. The summed E-state index contributed by atoms with van der Waals surface area (Å²) in [5.74, 6) is -0.273. The van der Waals surface area contributed by atoms with E-state index in [-0.39, 0.29) is 11.3 Å². The third-order valence-electron chi connectivity index (χ3n) is 4.66. The number of benzene rings is 3. The van der Waals surface area contributed by atoms with Gasteiger partial charge in [0.2, 0.25) is 0 Å². The summed E-state index contributed by atoms with van der Waals surface area (Å²) in [5.41, 5.74) is 3.78. The van der Waals surface area contributed by atoms with Crippen LogP contribution < -0.4 is 14.8 Å². The van der Waals surface area contributed by atoms with E-state index in [4.69, 9.17) is 9.47 Å². The van der Waals surface area contributed by atoms with E-state index in [1.54, 1.807) is 24.3 Å². The number of anilines is 1. The fraction of sp³-hybridized carbons (Fsp3) is 0.154. The van der Waals surface area contributed by atoms with Crippen LogP contribution in [0.25, 0.3) is 6.08 Å². The van der Waals surface area contributed by atoms with Crippen molar-refractivity contribution in [1.29, 1.82) is 5.26 Å². The topological polar surface area (TPSA) is 71.3 Å². The van der Waals surface area contributed by atoms with Crippen LogP contribution in [0.3, 0.4) is 0 Å². The highest BCUT2D eigenvalue weighted by Gasteiger charge is 2.13. The van der Waals surface area contributed by atoms with Gasteiger partial charge in [-0.15, -0.1) is 0 Å². The Hall–Kier alpha value is -4.11. The van der Waals surface area contributed by atoms with Crippen molar-refractivity contribution < 1.29 is 18.7 Å². The number of carbonyl (C=O) groups is 1. The number of rotatable bonds is 7. The zero-order valence-electron chi connectivity index (χ0n) is 18.1. The lowest BCUT2D eigenvalue weighted by Gasteiger charge is -2.12. The number of hydrogen-bond donors (Lipinski definition) is 1. The molecular weight excluding hydrogens is 407 g/mol. The average Bonchev–Trinajstić information content (AvgIpc) is 2.77. The lowest BCUT2D eigenvalue weighted by Crippen LogP contribution is -2.14. The van der Waals surface area contributed by atoms with Crippen LogP contribution in [-0.4, -0.2) is 13.0 Å². The van der Waals surface area contributed by atoms with Gasteiger partial charge in [-0.05, 0) is 55.3 Å². The number of amides is 1. The molecule has 0 saturated carbocycles. The molecule has 3 rings (SSSR count). The molecule has 0 bridgehead atoms. The molecule has 0 saturated heterocycles. The standard InChI is InChI=1S/C26H23FN2O3/c1-17-10-18(2)12-20(11-17)16-32-24-9-8-19(14-25(24)31-3)13-21(15-28)26(30)29-23-7-5-4-6-22(23)27/h4-14H,16H2,1-3H3,(H,29,30)/b21-13+. The van der Waals surface area contributed by atoms with Gasteiger partial charge in [-0.25, -0.2) is 4.39 Å². The van der Waals surface area contributed by atoms with Crippen molar-refractivity contribution in [1.82, 2.24) is 0 Å². The SMILES string of the molecule is COc1cc(/C=C(\C#N)C(=O)Nc2ccccc2F)ccc1OCc1cc(C)cc(C)c1. The Bertz CT molecular complexity index is 1190. The van der Waals surface area contributed by atoms with Gasteiger partial charge in [0.25, 0.3) is 5.91 Å². The molecule has 1 amide bonds. The van der Waals surface area contributed by atoms with E-state index in [0.29, 0.717) is 23.7 Å². The van der Waals surface area contributed by atoms with Crippen LogP contribution in [-0.2, 0) is 11.4 Å². The van der Waals surface area contributed by atoms with Crippen LogP contribution in [0, 0.1) is 31.0 Å². The third-order valence-corrected chi connectivity index (χ3v) is 4.66. The number of nitriles is 1. The molecule has 0 spiro atoms. The monoisotopic (exact) mass is 430 g/mol. The van der Waals surface area contributed by atoms with E-state index in [9.17, 15) is 14.4 Å². The van der Waals surface area contributed by atoms with Crippen molar-refractivity contribution >= 4 is 17.7 Å². The number of ether oxygens (including phenoxy) is 2. The van der Waals surface area contributed by atoms with Crippen LogP contribution in [0.15, 0.2) is 66.2 Å². The van der Waals surface area contributed by atoms with Crippen molar-refractivity contribution in [2.75, 3.05) is 12.4 Å². The molecule has 0 aliphatic carbocycles. The molecule has 1 N–H and O–H groups in total. The first-order chi connectivity index (χ1) is 15.4. The van der Waals surface area contributed by atoms with Gasteiger partial charge < -0.3 is 14.8 Å². The number of para-hydroxylation sites is 1. The zero-order chi connectivity index (χ0) is 23.1. The Balaban J connectivity index is 1.77. The van der Waals surface area contributed by atoms with Gasteiger partial charge in [0.15, 0.2) is 11.5 Å². The van der Waals surface area contributed by atoms with E-state index >= 15 is 0 Å². The molecule has 0 fully saturated rings. The Morgan fingerprint density at radius 3 is 2.44 bits per heavy atom. The maximum absolute atomic E-state index is 13.8. The van der Waals surface area contributed by atoms with Crippen LogP contribution in [0.2, 0.25) is 0 Å². The normalized spacial score (nSPS) is 10.9. The molecule has 32 heavy (non-hydrogen) atoms. The number of nitrogens with zero attached hydrogens (tertiary/aromatic N) is 1. The summed E-state index contributed by atoms with van der Waals surface area (Å²) < 4.78 is 25.1. The fourth-order valence-corrected chi connectivity index (χ4v) is 3.27. The lowest BCUT2D eigenvalue weighted by atomic mass is 10.1. The smallest absolute Gasteiger partial charge is 0.266 e. The molecule has 0 aliphatic heterocycles. The first-order valence-electron chi connectivity index (χ1n) is 9.95. The lowest BCUT2D eigenvalue weighted by molar-refractivity contribution is -0.112. The van der Waals surface area contributed by atoms with E-state index in [1.165, 1.54) is 31.4 Å². The number of halogens is 1. The van der Waals surface area contributed by atoms with Gasteiger partial charge in [-0.1, -0.05) is 47.5 Å². The van der Waals surface area contributed by atoms with Gasteiger partial charge >= 0.3 is 0 Å². The first kappa shape index (κ1) is 22.6. The molecule has 3 aromatic carbocycles. The molecule has 162 valence electrons. The molecule has 0 aliphatic rings. The maximum Gasteiger partial charge on any atom is 0.266 e. The van der Waals surface area contributed by atoms with Gasteiger partial charge in [0.05, 0.1) is 12.8 Å². The van der Waals surface area contributed by atoms with Crippen LogP contribution >= 0.6 is 0 Å². The second kappa shape index (κ2) is 10.3. The second-order valence-corrected chi connectivity index (χ2v) is 7.30. The summed E-state index contributed by atoms with van der Waals surface area (Å²) in [7, 11) is 1.52. The molecule has 6 heteroatoms. The molecule has 0 atom stereocenters. The number of methoxy groups -OCH3 is 1. The number of aryl methyl sites for hydroxylation is 2. The van der Waals surface area contributed by atoms with Crippen molar-refractivity contribution in [2.45, 2.75) is 20.5 Å². The third kappa shape index (κ3) is 5.73. The Kier molecular flexibility index (Phi) is 7.25. The van der Waals surface area contributed by atoms with E-state index in [0.717, 1.165) is 16.7 Å². The molecule has 0 aromatic heterocycles. The van der Waals surface area contributed by atoms with Crippen molar-refractivity contribution in [2.24, 2.45) is 0 Å². The minimum atomic E-state index is -0.702. The molecule has 0 heterocycles. The predicted octanol–water partition coefficient (Wildman–Crippen LogP) is 5.58. The van der Waals surface area contributed by atoms with Crippen LogP contribution in [0.1, 0.15) is 22.3 Å². The fourth-order valence-electron chi connectivity index (χ4n) is 3.27. The van der Waals surface area contributed by atoms with Crippen molar-refractivity contribution in [3.8, 4) is 17.6 Å². The van der Waals surface area contributed by atoms with Gasteiger partial charge in [-0.2, -0.15) is 5.26 Å². The minimum absolute atomic E-state index is 0.00589. The quantitative estimate of drug-likeness (QED) is 0.393. The Labute approximate surface area is 186 Å². The Morgan fingerprint density at radius 2 is 1.78 bits per heavy atom. The maximum atomic E-state index is 13.8. The molecule has 0 radical (unpaired) electrons. The first-order valence-corrected chi connectivity index (χ1v) is 9.95.